The molecule has 0 atom stereocenters. The standard InChI is InChI=1S/C19H20F2N2O/c1-13-5-6-14(11-16(13)21)19(24)22-17-12-15(20)7-8-18(17)23-9-3-2-4-10-23/h5-8,11-12H,2-4,9-10H2,1H3,(H,22,24). The van der Waals surface area contributed by atoms with Crippen LogP contribution in [-0.2, 0) is 0 Å². The van der Waals surface area contributed by atoms with Crippen LogP contribution < -0.4 is 10.2 Å². The van der Waals surface area contributed by atoms with E-state index in [-0.39, 0.29) is 5.56 Å². The van der Waals surface area contributed by atoms with E-state index in [0.717, 1.165) is 31.6 Å². The molecule has 1 saturated heterocycles. The number of nitrogens with zero attached hydrogens (tertiary/aromatic N) is 1. The lowest BCUT2D eigenvalue weighted by Gasteiger charge is -2.30. The molecule has 2 aromatic rings. The Hall–Kier alpha value is -2.43. The van der Waals surface area contributed by atoms with Crippen LogP contribution >= 0.6 is 0 Å². The van der Waals surface area contributed by atoms with Gasteiger partial charge in [-0.15, -0.1) is 0 Å². The summed E-state index contributed by atoms with van der Waals surface area (Å²) in [6, 6.07) is 8.71. The first-order valence-corrected chi connectivity index (χ1v) is 8.16. The number of amides is 1. The summed E-state index contributed by atoms with van der Waals surface area (Å²) in [6.07, 6.45) is 3.34. The Labute approximate surface area is 140 Å². The number of benzene rings is 2. The summed E-state index contributed by atoms with van der Waals surface area (Å²) in [6.45, 7) is 3.40. The van der Waals surface area contributed by atoms with Crippen molar-refractivity contribution in [1.82, 2.24) is 0 Å². The van der Waals surface area contributed by atoms with E-state index in [0.29, 0.717) is 11.3 Å². The molecule has 1 N–H and O–H groups in total. The van der Waals surface area contributed by atoms with Crippen molar-refractivity contribution in [3.05, 3.63) is 59.2 Å². The zero-order chi connectivity index (χ0) is 17.1. The maximum absolute atomic E-state index is 13.7. The number of nitrogens with one attached hydrogen (secondary N) is 1. The van der Waals surface area contributed by atoms with E-state index in [2.05, 4.69) is 10.2 Å². The molecule has 1 amide bonds. The number of rotatable bonds is 3. The number of hydrogen-bond donors (Lipinski definition) is 1. The first-order chi connectivity index (χ1) is 11.5. The molecular weight excluding hydrogens is 310 g/mol. The highest BCUT2D eigenvalue weighted by Crippen LogP contribution is 2.29. The maximum atomic E-state index is 13.7. The van der Waals surface area contributed by atoms with Crippen molar-refractivity contribution in [3.8, 4) is 0 Å². The molecule has 0 spiro atoms. The van der Waals surface area contributed by atoms with Gasteiger partial charge in [0.2, 0.25) is 0 Å². The highest BCUT2D eigenvalue weighted by molar-refractivity contribution is 6.06. The number of anilines is 2. The van der Waals surface area contributed by atoms with E-state index in [1.54, 1.807) is 25.1 Å². The maximum Gasteiger partial charge on any atom is 0.255 e. The average Bonchev–Trinajstić information content (AvgIpc) is 2.58. The first-order valence-electron chi connectivity index (χ1n) is 8.16. The Kier molecular flexibility index (Phi) is 4.79. The first kappa shape index (κ1) is 16.4. The van der Waals surface area contributed by atoms with Crippen molar-refractivity contribution in [2.24, 2.45) is 0 Å². The molecule has 1 aliphatic heterocycles. The van der Waals surface area contributed by atoms with Crippen molar-refractivity contribution in [2.75, 3.05) is 23.3 Å². The summed E-state index contributed by atoms with van der Waals surface area (Å²) < 4.78 is 27.3. The summed E-state index contributed by atoms with van der Waals surface area (Å²) in [5.74, 6) is -1.29. The van der Waals surface area contributed by atoms with Gasteiger partial charge in [0.05, 0.1) is 11.4 Å². The fourth-order valence-corrected chi connectivity index (χ4v) is 2.95. The summed E-state index contributed by atoms with van der Waals surface area (Å²) >= 11 is 0. The fraction of sp³-hybridized carbons (Fsp3) is 0.316. The molecule has 5 heteroatoms. The van der Waals surface area contributed by atoms with Crippen LogP contribution in [-0.4, -0.2) is 19.0 Å². The van der Waals surface area contributed by atoms with Crippen LogP contribution in [0.5, 0.6) is 0 Å². The van der Waals surface area contributed by atoms with Gasteiger partial charge in [0.1, 0.15) is 11.6 Å². The van der Waals surface area contributed by atoms with Crippen LogP contribution in [0, 0.1) is 18.6 Å². The van der Waals surface area contributed by atoms with Gasteiger partial charge in [0, 0.05) is 18.7 Å². The molecule has 0 bridgehead atoms. The molecule has 3 nitrogen and oxygen atoms in total. The Bertz CT molecular complexity index is 755. The Balaban J connectivity index is 1.86. The molecule has 0 aromatic heterocycles. The molecule has 0 saturated carbocycles. The van der Waals surface area contributed by atoms with Crippen LogP contribution in [0.2, 0.25) is 0 Å². The van der Waals surface area contributed by atoms with Gasteiger partial charge in [-0.05, 0) is 62.1 Å². The molecule has 126 valence electrons. The van der Waals surface area contributed by atoms with Crippen LogP contribution in [0.25, 0.3) is 0 Å². The van der Waals surface area contributed by atoms with Gasteiger partial charge in [0.15, 0.2) is 0 Å². The number of hydrogen-bond acceptors (Lipinski definition) is 2. The van der Waals surface area contributed by atoms with Crippen LogP contribution in [0.15, 0.2) is 36.4 Å². The highest BCUT2D eigenvalue weighted by atomic mass is 19.1. The Morgan fingerprint density at radius 3 is 2.50 bits per heavy atom. The topological polar surface area (TPSA) is 32.3 Å². The number of halogens is 2. The fourth-order valence-electron chi connectivity index (χ4n) is 2.95. The normalized spacial score (nSPS) is 14.5. The molecule has 0 unspecified atom stereocenters. The van der Waals surface area contributed by atoms with Gasteiger partial charge in [-0.3, -0.25) is 4.79 Å². The third kappa shape index (κ3) is 3.55. The van der Waals surface area contributed by atoms with Crippen LogP contribution in [0.1, 0.15) is 35.2 Å². The number of carbonyl (C=O) groups excluding carboxylic acids is 1. The lowest BCUT2D eigenvalue weighted by molar-refractivity contribution is 0.102. The van der Waals surface area contributed by atoms with E-state index < -0.39 is 17.5 Å². The molecule has 3 rings (SSSR count). The van der Waals surface area contributed by atoms with E-state index in [9.17, 15) is 13.6 Å². The molecule has 0 aliphatic carbocycles. The van der Waals surface area contributed by atoms with Crippen LogP contribution in [0.4, 0.5) is 20.2 Å². The van der Waals surface area contributed by atoms with Crippen molar-refractivity contribution in [1.29, 1.82) is 0 Å². The van der Waals surface area contributed by atoms with Gasteiger partial charge >= 0.3 is 0 Å². The zero-order valence-corrected chi connectivity index (χ0v) is 13.6. The lowest BCUT2D eigenvalue weighted by atomic mass is 10.1. The van der Waals surface area contributed by atoms with E-state index >= 15 is 0 Å². The summed E-state index contributed by atoms with van der Waals surface area (Å²) in [4.78, 5) is 14.6. The predicted octanol–water partition coefficient (Wildman–Crippen LogP) is 4.52. The average molecular weight is 330 g/mol. The lowest BCUT2D eigenvalue weighted by Crippen LogP contribution is -2.30. The molecule has 1 fully saturated rings. The van der Waals surface area contributed by atoms with Crippen LogP contribution in [0.3, 0.4) is 0 Å². The second kappa shape index (κ2) is 6.99. The van der Waals surface area contributed by atoms with Crippen molar-refractivity contribution in [3.63, 3.8) is 0 Å². The summed E-state index contributed by atoms with van der Waals surface area (Å²) in [7, 11) is 0. The minimum absolute atomic E-state index is 0.215. The van der Waals surface area contributed by atoms with Crippen molar-refractivity contribution >= 4 is 17.3 Å². The predicted molar refractivity (Wildman–Crippen MR) is 91.6 cm³/mol. The van der Waals surface area contributed by atoms with Crippen molar-refractivity contribution < 1.29 is 13.6 Å². The largest absolute Gasteiger partial charge is 0.370 e. The third-order valence-electron chi connectivity index (χ3n) is 4.34. The molecule has 0 radical (unpaired) electrons. The second-order valence-electron chi connectivity index (χ2n) is 6.13. The van der Waals surface area contributed by atoms with Gasteiger partial charge < -0.3 is 10.2 Å². The second-order valence-corrected chi connectivity index (χ2v) is 6.13. The quantitative estimate of drug-likeness (QED) is 0.897. The number of piperidine rings is 1. The van der Waals surface area contributed by atoms with E-state index in [1.165, 1.54) is 24.6 Å². The SMILES string of the molecule is Cc1ccc(C(=O)Nc2cc(F)ccc2N2CCCCC2)cc1F. The minimum Gasteiger partial charge on any atom is -0.370 e. The van der Waals surface area contributed by atoms with Crippen molar-refractivity contribution in [2.45, 2.75) is 26.2 Å². The highest BCUT2D eigenvalue weighted by Gasteiger charge is 2.17. The smallest absolute Gasteiger partial charge is 0.255 e. The molecule has 2 aromatic carbocycles. The molecule has 24 heavy (non-hydrogen) atoms. The third-order valence-corrected chi connectivity index (χ3v) is 4.34. The Morgan fingerprint density at radius 1 is 1.04 bits per heavy atom. The molecular formula is C19H20F2N2O. The van der Waals surface area contributed by atoms with Gasteiger partial charge in [-0.25, -0.2) is 8.78 Å². The molecule has 1 heterocycles. The zero-order valence-electron chi connectivity index (χ0n) is 13.6. The van der Waals surface area contributed by atoms with Gasteiger partial charge in [-0.1, -0.05) is 6.07 Å². The Morgan fingerprint density at radius 2 is 1.79 bits per heavy atom. The van der Waals surface area contributed by atoms with E-state index in [4.69, 9.17) is 0 Å². The summed E-state index contributed by atoms with van der Waals surface area (Å²) in [5.41, 5.74) is 1.91. The number of carbonyl (C=O) groups is 1. The monoisotopic (exact) mass is 330 g/mol. The minimum atomic E-state index is -0.447. The van der Waals surface area contributed by atoms with E-state index in [1.807, 2.05) is 0 Å². The van der Waals surface area contributed by atoms with Gasteiger partial charge in [0.25, 0.3) is 5.91 Å². The summed E-state index contributed by atoms with van der Waals surface area (Å²) in [5, 5.41) is 2.72. The van der Waals surface area contributed by atoms with Gasteiger partial charge in [-0.2, -0.15) is 0 Å². The number of aryl methyl sites for hydroxylation is 1. The molecule has 1 aliphatic rings.